The van der Waals surface area contributed by atoms with Gasteiger partial charge in [-0.05, 0) is 19.1 Å². The van der Waals surface area contributed by atoms with Gasteiger partial charge in [0.15, 0.2) is 6.10 Å². The second kappa shape index (κ2) is 5.21. The molecule has 0 saturated carbocycles. The first-order chi connectivity index (χ1) is 7.40. The van der Waals surface area contributed by atoms with E-state index in [9.17, 15) is 4.79 Å². The van der Waals surface area contributed by atoms with E-state index in [0.29, 0.717) is 11.4 Å². The first-order valence-corrected chi connectivity index (χ1v) is 5.63. The van der Waals surface area contributed by atoms with Gasteiger partial charge in [0.25, 0.3) is 5.91 Å². The highest BCUT2D eigenvalue weighted by Gasteiger charge is 2.16. The molecule has 0 aliphatic carbocycles. The molecule has 5 heteroatoms. The van der Waals surface area contributed by atoms with Crippen LogP contribution in [0.5, 0.6) is 5.75 Å². The van der Waals surface area contributed by atoms with Crippen LogP contribution < -0.4 is 10.5 Å². The molecular weight excluding hydrogens is 272 g/mol. The predicted molar refractivity (Wildman–Crippen MR) is 67.3 cm³/mol. The van der Waals surface area contributed by atoms with Gasteiger partial charge < -0.3 is 15.4 Å². The highest BCUT2D eigenvalue weighted by atomic mass is 79.9. The Balaban J connectivity index is 2.76. The molecule has 2 N–H and O–H groups in total. The van der Waals surface area contributed by atoms with Crippen LogP contribution in [0.2, 0.25) is 0 Å². The Kier molecular flexibility index (Phi) is 4.18. The van der Waals surface area contributed by atoms with Crippen LogP contribution in [0.15, 0.2) is 22.7 Å². The van der Waals surface area contributed by atoms with E-state index in [1.807, 2.05) is 0 Å². The number of likely N-dealkylation sites (N-methyl/N-ethyl adjacent to an activating group) is 1. The third-order valence-corrected chi connectivity index (χ3v) is 2.45. The molecule has 1 amide bonds. The van der Waals surface area contributed by atoms with Crippen molar-refractivity contribution in [2.24, 2.45) is 0 Å². The van der Waals surface area contributed by atoms with Gasteiger partial charge in [-0.3, -0.25) is 4.79 Å². The minimum absolute atomic E-state index is 0.0847. The Morgan fingerprint density at radius 1 is 1.44 bits per heavy atom. The first kappa shape index (κ1) is 12.8. The van der Waals surface area contributed by atoms with E-state index in [4.69, 9.17) is 10.5 Å². The second-order valence-electron chi connectivity index (χ2n) is 3.71. The number of halogens is 1. The fourth-order valence-corrected chi connectivity index (χ4v) is 1.76. The largest absolute Gasteiger partial charge is 0.481 e. The molecular formula is C11H15BrN2O2. The van der Waals surface area contributed by atoms with Gasteiger partial charge in [-0.25, -0.2) is 0 Å². The lowest BCUT2D eigenvalue weighted by molar-refractivity contribution is -0.135. The van der Waals surface area contributed by atoms with E-state index >= 15 is 0 Å². The van der Waals surface area contributed by atoms with Crippen LogP contribution in [0.25, 0.3) is 0 Å². The smallest absolute Gasteiger partial charge is 0.262 e. The summed E-state index contributed by atoms with van der Waals surface area (Å²) in [6.07, 6.45) is -0.524. The Labute approximate surface area is 103 Å². The molecule has 1 atom stereocenters. The zero-order valence-electron chi connectivity index (χ0n) is 9.53. The Morgan fingerprint density at radius 2 is 2.06 bits per heavy atom. The van der Waals surface area contributed by atoms with Crippen molar-refractivity contribution in [3.05, 3.63) is 22.7 Å². The predicted octanol–water partition coefficient (Wildman–Crippen LogP) is 1.89. The highest BCUT2D eigenvalue weighted by molar-refractivity contribution is 9.10. The third-order valence-electron chi connectivity index (χ3n) is 2.00. The molecule has 1 aromatic carbocycles. The summed E-state index contributed by atoms with van der Waals surface area (Å²) >= 11 is 3.31. The lowest BCUT2D eigenvalue weighted by atomic mass is 10.3. The van der Waals surface area contributed by atoms with Crippen molar-refractivity contribution >= 4 is 27.5 Å². The molecule has 0 aliphatic heterocycles. The quantitative estimate of drug-likeness (QED) is 0.864. The summed E-state index contributed by atoms with van der Waals surface area (Å²) in [5.74, 6) is 0.494. The molecule has 16 heavy (non-hydrogen) atoms. The number of nitrogens with two attached hydrogens (primary N) is 1. The third kappa shape index (κ3) is 3.41. The monoisotopic (exact) mass is 286 g/mol. The second-order valence-corrected chi connectivity index (χ2v) is 4.63. The molecule has 1 unspecified atom stereocenters. The lowest BCUT2D eigenvalue weighted by Gasteiger charge is -2.18. The summed E-state index contributed by atoms with van der Waals surface area (Å²) < 4.78 is 6.32. The van der Waals surface area contributed by atoms with Gasteiger partial charge in [-0.1, -0.05) is 15.9 Å². The maximum Gasteiger partial charge on any atom is 0.262 e. The molecule has 0 saturated heterocycles. The standard InChI is InChI=1S/C11H15BrN2O2/c1-7(11(15)14(2)3)16-10-5-8(12)4-9(13)6-10/h4-7H,13H2,1-3H3. The fourth-order valence-electron chi connectivity index (χ4n) is 1.27. The van der Waals surface area contributed by atoms with Gasteiger partial charge in [-0.2, -0.15) is 0 Å². The van der Waals surface area contributed by atoms with Crippen LogP contribution in [-0.4, -0.2) is 31.0 Å². The molecule has 0 radical (unpaired) electrons. The van der Waals surface area contributed by atoms with Gasteiger partial charge in [0.2, 0.25) is 0 Å². The van der Waals surface area contributed by atoms with E-state index in [-0.39, 0.29) is 5.91 Å². The highest BCUT2D eigenvalue weighted by Crippen LogP contribution is 2.23. The molecule has 0 spiro atoms. The van der Waals surface area contributed by atoms with Crippen LogP contribution in [0, 0.1) is 0 Å². The number of ether oxygens (including phenoxy) is 1. The number of carbonyl (C=O) groups excluding carboxylic acids is 1. The Morgan fingerprint density at radius 3 is 2.56 bits per heavy atom. The minimum Gasteiger partial charge on any atom is -0.481 e. The van der Waals surface area contributed by atoms with Gasteiger partial charge in [-0.15, -0.1) is 0 Å². The normalized spacial score (nSPS) is 12.0. The fraction of sp³-hybridized carbons (Fsp3) is 0.364. The first-order valence-electron chi connectivity index (χ1n) is 4.84. The van der Waals surface area contributed by atoms with E-state index in [1.54, 1.807) is 39.2 Å². The van der Waals surface area contributed by atoms with E-state index in [2.05, 4.69) is 15.9 Å². The van der Waals surface area contributed by atoms with Gasteiger partial charge in [0.1, 0.15) is 5.75 Å². The van der Waals surface area contributed by atoms with Crippen molar-refractivity contribution in [1.29, 1.82) is 0 Å². The van der Waals surface area contributed by atoms with Gasteiger partial charge in [0, 0.05) is 30.3 Å². The maximum absolute atomic E-state index is 11.6. The lowest BCUT2D eigenvalue weighted by Crippen LogP contribution is -2.35. The van der Waals surface area contributed by atoms with E-state index in [1.165, 1.54) is 4.90 Å². The van der Waals surface area contributed by atoms with Crippen molar-refractivity contribution in [1.82, 2.24) is 4.90 Å². The average Bonchev–Trinajstić information content (AvgIpc) is 2.14. The molecule has 0 bridgehead atoms. The summed E-state index contributed by atoms with van der Waals surface area (Å²) in [7, 11) is 3.38. The number of nitrogen functional groups attached to an aromatic ring is 1. The SMILES string of the molecule is CC(Oc1cc(N)cc(Br)c1)C(=O)N(C)C. The number of rotatable bonds is 3. The van der Waals surface area contributed by atoms with Crippen molar-refractivity contribution in [3.8, 4) is 5.75 Å². The van der Waals surface area contributed by atoms with Crippen LogP contribution >= 0.6 is 15.9 Å². The molecule has 4 nitrogen and oxygen atoms in total. The molecule has 88 valence electrons. The van der Waals surface area contributed by atoms with Crippen LogP contribution in [0.3, 0.4) is 0 Å². The molecule has 0 aliphatic rings. The summed E-state index contributed by atoms with van der Waals surface area (Å²) in [6.45, 7) is 1.71. The number of amides is 1. The van der Waals surface area contributed by atoms with Gasteiger partial charge >= 0.3 is 0 Å². The summed E-state index contributed by atoms with van der Waals surface area (Å²) in [6, 6.07) is 5.23. The van der Waals surface area contributed by atoms with Crippen molar-refractivity contribution in [2.45, 2.75) is 13.0 Å². The van der Waals surface area contributed by atoms with E-state index in [0.717, 1.165) is 4.47 Å². The van der Waals surface area contributed by atoms with Crippen molar-refractivity contribution in [2.75, 3.05) is 19.8 Å². The maximum atomic E-state index is 11.6. The van der Waals surface area contributed by atoms with Crippen LogP contribution in [-0.2, 0) is 4.79 Å². The number of hydrogen-bond acceptors (Lipinski definition) is 3. The molecule has 0 heterocycles. The zero-order valence-corrected chi connectivity index (χ0v) is 11.1. The average molecular weight is 287 g/mol. The number of anilines is 1. The van der Waals surface area contributed by atoms with Crippen molar-refractivity contribution in [3.63, 3.8) is 0 Å². The number of carbonyl (C=O) groups is 1. The summed E-state index contributed by atoms with van der Waals surface area (Å²) in [5.41, 5.74) is 6.26. The van der Waals surface area contributed by atoms with Gasteiger partial charge in [0.05, 0.1) is 0 Å². The summed E-state index contributed by atoms with van der Waals surface area (Å²) in [5, 5.41) is 0. The number of benzene rings is 1. The molecule has 1 rings (SSSR count). The van der Waals surface area contributed by atoms with Crippen LogP contribution in [0.1, 0.15) is 6.92 Å². The van der Waals surface area contributed by atoms with Crippen LogP contribution in [0.4, 0.5) is 5.69 Å². The number of hydrogen-bond donors (Lipinski definition) is 1. The number of nitrogens with zero attached hydrogens (tertiary/aromatic N) is 1. The topological polar surface area (TPSA) is 55.6 Å². The Bertz CT molecular complexity index is 373. The molecule has 0 aromatic heterocycles. The minimum atomic E-state index is -0.524. The molecule has 1 aromatic rings. The summed E-state index contributed by atoms with van der Waals surface area (Å²) in [4.78, 5) is 13.1. The van der Waals surface area contributed by atoms with E-state index < -0.39 is 6.10 Å². The Hall–Kier alpha value is -1.23. The van der Waals surface area contributed by atoms with Crippen molar-refractivity contribution < 1.29 is 9.53 Å². The zero-order chi connectivity index (χ0) is 12.3. The molecule has 0 fully saturated rings.